The highest BCUT2D eigenvalue weighted by atomic mass is 16.4. The Morgan fingerprint density at radius 2 is 2.25 bits per heavy atom. The van der Waals surface area contributed by atoms with Gasteiger partial charge >= 0.3 is 0 Å². The van der Waals surface area contributed by atoms with Crippen molar-refractivity contribution in [3.63, 3.8) is 0 Å². The van der Waals surface area contributed by atoms with Gasteiger partial charge in [0, 0.05) is 5.92 Å². The molecule has 0 heterocycles. The summed E-state index contributed by atoms with van der Waals surface area (Å²) in [6.45, 7) is 1.86. The monoisotopic (exact) mass is 161 g/mol. The summed E-state index contributed by atoms with van der Waals surface area (Å²) in [4.78, 5) is 0. The molecule has 2 heteroatoms. The van der Waals surface area contributed by atoms with Gasteiger partial charge in [-0.25, -0.2) is 0 Å². The van der Waals surface area contributed by atoms with E-state index in [2.05, 4.69) is 17.3 Å². The molecule has 1 unspecified atom stereocenters. The third-order valence-electron chi connectivity index (χ3n) is 2.52. The third-order valence-corrected chi connectivity index (χ3v) is 2.52. The van der Waals surface area contributed by atoms with E-state index < -0.39 is 0 Å². The van der Waals surface area contributed by atoms with Crippen molar-refractivity contribution in [2.24, 2.45) is 5.16 Å². The number of rotatable bonds is 1. The van der Waals surface area contributed by atoms with E-state index >= 15 is 0 Å². The third kappa shape index (κ3) is 0.916. The molecule has 0 radical (unpaired) electrons. The molecule has 1 aliphatic rings. The molecule has 0 saturated heterocycles. The van der Waals surface area contributed by atoms with Gasteiger partial charge in [0.05, 0.1) is 5.71 Å². The number of hydrogen-bond acceptors (Lipinski definition) is 2. The van der Waals surface area contributed by atoms with E-state index in [0.717, 1.165) is 12.1 Å². The van der Waals surface area contributed by atoms with Crippen molar-refractivity contribution in [2.45, 2.75) is 19.3 Å². The summed E-state index contributed by atoms with van der Waals surface area (Å²) in [5.74, 6) is 0.353. The molecule has 2 rings (SSSR count). The van der Waals surface area contributed by atoms with Crippen LogP contribution in [0.1, 0.15) is 24.0 Å². The Hall–Kier alpha value is -1.31. The zero-order chi connectivity index (χ0) is 8.55. The average molecular weight is 161 g/mol. The predicted molar refractivity (Wildman–Crippen MR) is 47.8 cm³/mol. The topological polar surface area (TPSA) is 32.6 Å². The van der Waals surface area contributed by atoms with Crippen LogP contribution in [0.15, 0.2) is 29.4 Å². The summed E-state index contributed by atoms with van der Waals surface area (Å²) in [5.41, 5.74) is 3.51. The normalized spacial score (nSPS) is 21.4. The smallest absolute Gasteiger partial charge is 0.0617 e. The number of nitrogens with zero attached hydrogens (tertiary/aromatic N) is 1. The largest absolute Gasteiger partial charge is 0.411 e. The SMILES string of the molecule is C/C(=N/O)C1Cc2ccccc21. The molecular weight excluding hydrogens is 150 g/mol. The summed E-state index contributed by atoms with van der Waals surface area (Å²) < 4.78 is 0. The van der Waals surface area contributed by atoms with Crippen molar-refractivity contribution >= 4 is 5.71 Å². The molecular formula is C10H11NO. The average Bonchev–Trinajstić information content (AvgIpc) is 2.07. The van der Waals surface area contributed by atoms with E-state index in [1.807, 2.05) is 19.1 Å². The first-order valence-electron chi connectivity index (χ1n) is 4.09. The van der Waals surface area contributed by atoms with Crippen molar-refractivity contribution in [1.82, 2.24) is 0 Å². The minimum atomic E-state index is 0.353. The molecule has 1 aliphatic carbocycles. The van der Waals surface area contributed by atoms with Gasteiger partial charge in [-0.2, -0.15) is 0 Å². The van der Waals surface area contributed by atoms with Gasteiger partial charge < -0.3 is 5.21 Å². The van der Waals surface area contributed by atoms with E-state index in [1.165, 1.54) is 11.1 Å². The zero-order valence-corrected chi connectivity index (χ0v) is 6.99. The molecule has 0 amide bonds. The van der Waals surface area contributed by atoms with Crippen LogP contribution >= 0.6 is 0 Å². The van der Waals surface area contributed by atoms with E-state index in [0.29, 0.717) is 5.92 Å². The van der Waals surface area contributed by atoms with Crippen LogP contribution in [0.4, 0.5) is 0 Å². The van der Waals surface area contributed by atoms with Crippen LogP contribution < -0.4 is 0 Å². The fourth-order valence-corrected chi connectivity index (χ4v) is 1.70. The first-order chi connectivity index (χ1) is 5.83. The van der Waals surface area contributed by atoms with Gasteiger partial charge in [0.2, 0.25) is 0 Å². The molecule has 1 aromatic carbocycles. The Bertz CT molecular complexity index is 330. The van der Waals surface area contributed by atoms with Crippen molar-refractivity contribution in [2.75, 3.05) is 0 Å². The highest BCUT2D eigenvalue weighted by Crippen LogP contribution is 2.35. The van der Waals surface area contributed by atoms with Crippen molar-refractivity contribution in [3.05, 3.63) is 35.4 Å². The maximum absolute atomic E-state index is 8.58. The van der Waals surface area contributed by atoms with Gasteiger partial charge in [0.25, 0.3) is 0 Å². The lowest BCUT2D eigenvalue weighted by atomic mass is 9.75. The summed E-state index contributed by atoms with van der Waals surface area (Å²) in [5, 5.41) is 11.8. The summed E-state index contributed by atoms with van der Waals surface area (Å²) >= 11 is 0. The molecule has 0 fully saturated rings. The molecule has 2 nitrogen and oxygen atoms in total. The van der Waals surface area contributed by atoms with Gasteiger partial charge in [-0.05, 0) is 24.5 Å². The molecule has 12 heavy (non-hydrogen) atoms. The van der Waals surface area contributed by atoms with Crippen LogP contribution in [0.3, 0.4) is 0 Å². The minimum absolute atomic E-state index is 0.353. The van der Waals surface area contributed by atoms with Crippen LogP contribution in [-0.2, 0) is 6.42 Å². The number of hydrogen-bond donors (Lipinski definition) is 1. The fraction of sp³-hybridized carbons (Fsp3) is 0.300. The van der Waals surface area contributed by atoms with Crippen LogP contribution in [0.2, 0.25) is 0 Å². The molecule has 0 aliphatic heterocycles. The fourth-order valence-electron chi connectivity index (χ4n) is 1.70. The molecule has 0 saturated carbocycles. The summed E-state index contributed by atoms with van der Waals surface area (Å²) in [6.07, 6.45) is 1.02. The van der Waals surface area contributed by atoms with Gasteiger partial charge in [-0.1, -0.05) is 29.4 Å². The Balaban J connectivity index is 2.31. The van der Waals surface area contributed by atoms with Gasteiger partial charge in [0.15, 0.2) is 0 Å². The number of benzene rings is 1. The Morgan fingerprint density at radius 3 is 2.92 bits per heavy atom. The minimum Gasteiger partial charge on any atom is -0.411 e. The maximum atomic E-state index is 8.58. The second-order valence-corrected chi connectivity index (χ2v) is 3.20. The second kappa shape index (κ2) is 2.63. The molecule has 0 bridgehead atoms. The van der Waals surface area contributed by atoms with Gasteiger partial charge in [0.1, 0.15) is 0 Å². The summed E-state index contributed by atoms with van der Waals surface area (Å²) in [6, 6.07) is 8.28. The molecule has 0 aromatic heterocycles. The van der Waals surface area contributed by atoms with Crippen molar-refractivity contribution < 1.29 is 5.21 Å². The lowest BCUT2D eigenvalue weighted by Gasteiger charge is -2.29. The van der Waals surface area contributed by atoms with Crippen LogP contribution in [0.5, 0.6) is 0 Å². The highest BCUT2D eigenvalue weighted by molar-refractivity contribution is 5.91. The highest BCUT2D eigenvalue weighted by Gasteiger charge is 2.27. The van der Waals surface area contributed by atoms with Gasteiger partial charge in [-0.3, -0.25) is 0 Å². The molecule has 1 aromatic rings. The van der Waals surface area contributed by atoms with E-state index in [4.69, 9.17) is 5.21 Å². The van der Waals surface area contributed by atoms with Crippen molar-refractivity contribution in [3.8, 4) is 0 Å². The predicted octanol–water partition coefficient (Wildman–Crippen LogP) is 2.18. The van der Waals surface area contributed by atoms with Crippen LogP contribution in [0.25, 0.3) is 0 Å². The lowest BCUT2D eigenvalue weighted by molar-refractivity contribution is 0.315. The van der Waals surface area contributed by atoms with Crippen molar-refractivity contribution in [1.29, 1.82) is 0 Å². The number of fused-ring (bicyclic) bond motifs is 1. The quantitative estimate of drug-likeness (QED) is 0.382. The molecule has 1 N–H and O–H groups in total. The van der Waals surface area contributed by atoms with E-state index in [9.17, 15) is 0 Å². The van der Waals surface area contributed by atoms with Crippen LogP contribution in [-0.4, -0.2) is 10.9 Å². The lowest BCUT2D eigenvalue weighted by Crippen LogP contribution is -2.23. The maximum Gasteiger partial charge on any atom is 0.0617 e. The Kier molecular flexibility index (Phi) is 1.61. The Morgan fingerprint density at radius 1 is 1.50 bits per heavy atom. The van der Waals surface area contributed by atoms with E-state index in [1.54, 1.807) is 0 Å². The molecule has 1 atom stereocenters. The molecule has 0 spiro atoms. The Labute approximate surface area is 71.5 Å². The van der Waals surface area contributed by atoms with E-state index in [-0.39, 0.29) is 0 Å². The standard InChI is InChI=1S/C10H11NO/c1-7(11-12)10-6-8-4-2-3-5-9(8)10/h2-5,10,12H,6H2,1H3/b11-7-. The van der Waals surface area contributed by atoms with Crippen LogP contribution in [0, 0.1) is 0 Å². The number of oxime groups is 1. The van der Waals surface area contributed by atoms with Gasteiger partial charge in [-0.15, -0.1) is 0 Å². The summed E-state index contributed by atoms with van der Waals surface area (Å²) in [7, 11) is 0. The zero-order valence-electron chi connectivity index (χ0n) is 6.99. The second-order valence-electron chi connectivity index (χ2n) is 3.20. The first kappa shape index (κ1) is 7.35. The molecule has 62 valence electrons. The first-order valence-corrected chi connectivity index (χ1v) is 4.09.